The molecule has 4 heterocycles. The molecule has 1 amide bonds. The molecule has 0 radical (unpaired) electrons. The highest BCUT2D eigenvalue weighted by Crippen LogP contribution is 2.26. The fourth-order valence-electron chi connectivity index (χ4n) is 2.94. The second kappa shape index (κ2) is 8.21. The van der Waals surface area contributed by atoms with Crippen LogP contribution in [-0.4, -0.2) is 35.5 Å². The summed E-state index contributed by atoms with van der Waals surface area (Å²) in [6.45, 7) is 0.393. The standard InChI is InChI=1S/C21H14ClN7OS/c22-16-3-1-13(2-4-16)20(30)25-10-17-11-26-21(31-17)14-5-6-29-18(7-14)27-19(28-29)15-8-23-12-24-9-15/h1-9,11-12H,10H2,(H,25,30). The molecular formula is C21H14ClN7OS. The van der Waals surface area contributed by atoms with Crippen molar-refractivity contribution in [3.05, 3.63) is 83.0 Å². The second-order valence-electron chi connectivity index (χ2n) is 6.60. The Morgan fingerprint density at radius 2 is 1.87 bits per heavy atom. The minimum absolute atomic E-state index is 0.158. The second-order valence-corrected chi connectivity index (χ2v) is 8.15. The molecule has 5 rings (SSSR count). The third kappa shape index (κ3) is 4.14. The molecule has 0 saturated carbocycles. The third-order valence-electron chi connectivity index (χ3n) is 4.49. The van der Waals surface area contributed by atoms with Crippen molar-refractivity contribution < 1.29 is 4.79 Å². The summed E-state index contributed by atoms with van der Waals surface area (Å²) in [5.41, 5.74) is 2.94. The van der Waals surface area contributed by atoms with Crippen LogP contribution in [0.15, 0.2) is 67.5 Å². The summed E-state index contributed by atoms with van der Waals surface area (Å²) in [4.78, 5) is 30.3. The SMILES string of the molecule is O=C(NCc1cnc(-c2ccn3nc(-c4cncnc4)nc3c2)s1)c1ccc(Cl)cc1. The fraction of sp³-hybridized carbons (Fsp3) is 0.0476. The molecule has 0 saturated heterocycles. The number of nitrogens with zero attached hydrogens (tertiary/aromatic N) is 6. The van der Waals surface area contributed by atoms with E-state index in [2.05, 4.69) is 30.4 Å². The van der Waals surface area contributed by atoms with E-state index in [4.69, 9.17) is 11.6 Å². The van der Waals surface area contributed by atoms with Crippen LogP contribution >= 0.6 is 22.9 Å². The molecule has 152 valence electrons. The van der Waals surface area contributed by atoms with Gasteiger partial charge in [-0.2, -0.15) is 0 Å². The number of rotatable bonds is 5. The number of pyridine rings is 1. The number of hydrogen-bond donors (Lipinski definition) is 1. The Hall–Kier alpha value is -3.69. The van der Waals surface area contributed by atoms with Crippen LogP contribution in [0.3, 0.4) is 0 Å². The minimum Gasteiger partial charge on any atom is -0.347 e. The van der Waals surface area contributed by atoms with E-state index in [1.54, 1.807) is 47.4 Å². The van der Waals surface area contributed by atoms with Gasteiger partial charge in [-0.15, -0.1) is 16.4 Å². The van der Waals surface area contributed by atoms with Gasteiger partial charge in [0.2, 0.25) is 0 Å². The van der Waals surface area contributed by atoms with Crippen molar-refractivity contribution >= 4 is 34.5 Å². The predicted molar refractivity (Wildman–Crippen MR) is 118 cm³/mol. The Kier molecular flexibility index (Phi) is 5.11. The van der Waals surface area contributed by atoms with E-state index in [9.17, 15) is 4.79 Å². The predicted octanol–water partition coefficient (Wildman–Crippen LogP) is 3.89. The summed E-state index contributed by atoms with van der Waals surface area (Å²) in [6, 6.07) is 10.6. The van der Waals surface area contributed by atoms with Gasteiger partial charge in [-0.1, -0.05) is 11.6 Å². The summed E-state index contributed by atoms with van der Waals surface area (Å²) in [7, 11) is 0. The number of thiazole rings is 1. The van der Waals surface area contributed by atoms with E-state index in [0.29, 0.717) is 28.6 Å². The lowest BCUT2D eigenvalue weighted by Crippen LogP contribution is -2.22. The van der Waals surface area contributed by atoms with E-state index in [1.807, 2.05) is 18.3 Å². The molecule has 31 heavy (non-hydrogen) atoms. The number of hydrogen-bond acceptors (Lipinski definition) is 7. The summed E-state index contributed by atoms with van der Waals surface area (Å²) >= 11 is 7.38. The molecule has 0 aliphatic heterocycles. The van der Waals surface area contributed by atoms with Gasteiger partial charge in [-0.3, -0.25) is 4.79 Å². The van der Waals surface area contributed by atoms with Crippen molar-refractivity contribution in [2.45, 2.75) is 6.54 Å². The van der Waals surface area contributed by atoms with Gasteiger partial charge in [-0.25, -0.2) is 24.5 Å². The Bertz CT molecular complexity index is 1370. The Morgan fingerprint density at radius 3 is 2.68 bits per heavy atom. The van der Waals surface area contributed by atoms with Crippen LogP contribution in [0.2, 0.25) is 5.02 Å². The number of aromatic nitrogens is 6. The zero-order chi connectivity index (χ0) is 21.2. The van der Waals surface area contributed by atoms with Crippen molar-refractivity contribution in [1.29, 1.82) is 0 Å². The summed E-state index contributed by atoms with van der Waals surface area (Å²) in [5.74, 6) is 0.399. The first-order valence-corrected chi connectivity index (χ1v) is 10.5. The van der Waals surface area contributed by atoms with E-state index >= 15 is 0 Å². The quantitative estimate of drug-likeness (QED) is 0.439. The topological polar surface area (TPSA) is 98.0 Å². The summed E-state index contributed by atoms with van der Waals surface area (Å²) < 4.78 is 1.70. The molecule has 0 atom stereocenters. The number of halogens is 1. The maximum absolute atomic E-state index is 12.3. The van der Waals surface area contributed by atoms with Crippen LogP contribution in [0, 0.1) is 0 Å². The van der Waals surface area contributed by atoms with E-state index in [1.165, 1.54) is 17.7 Å². The van der Waals surface area contributed by atoms with Crippen LogP contribution in [0.5, 0.6) is 0 Å². The molecule has 0 aliphatic rings. The summed E-state index contributed by atoms with van der Waals surface area (Å²) in [5, 5.41) is 8.79. The highest BCUT2D eigenvalue weighted by atomic mass is 35.5. The summed E-state index contributed by atoms with van der Waals surface area (Å²) in [6.07, 6.45) is 8.43. The maximum atomic E-state index is 12.3. The van der Waals surface area contributed by atoms with E-state index < -0.39 is 0 Å². The number of amides is 1. The molecule has 1 aromatic carbocycles. The van der Waals surface area contributed by atoms with Crippen molar-refractivity contribution in [1.82, 2.24) is 34.9 Å². The van der Waals surface area contributed by atoms with Gasteiger partial charge in [0.05, 0.1) is 12.1 Å². The van der Waals surface area contributed by atoms with Gasteiger partial charge in [0.25, 0.3) is 5.91 Å². The highest BCUT2D eigenvalue weighted by Gasteiger charge is 2.11. The largest absolute Gasteiger partial charge is 0.347 e. The first-order chi connectivity index (χ1) is 15.2. The van der Waals surface area contributed by atoms with Gasteiger partial charge < -0.3 is 5.32 Å². The van der Waals surface area contributed by atoms with Gasteiger partial charge in [-0.05, 0) is 36.4 Å². The molecule has 4 aromatic heterocycles. The average Bonchev–Trinajstić information content (AvgIpc) is 3.45. The fourth-order valence-corrected chi connectivity index (χ4v) is 3.92. The maximum Gasteiger partial charge on any atom is 0.251 e. The highest BCUT2D eigenvalue weighted by molar-refractivity contribution is 7.15. The molecule has 0 aliphatic carbocycles. The molecular weight excluding hydrogens is 434 g/mol. The van der Waals surface area contributed by atoms with E-state index in [-0.39, 0.29) is 5.91 Å². The number of carbonyl (C=O) groups excluding carboxylic acids is 1. The van der Waals surface area contributed by atoms with Crippen LogP contribution in [0.4, 0.5) is 0 Å². The number of carbonyl (C=O) groups is 1. The van der Waals surface area contributed by atoms with Crippen molar-refractivity contribution in [2.75, 3.05) is 0 Å². The van der Waals surface area contributed by atoms with Gasteiger partial charge >= 0.3 is 0 Å². The molecule has 8 nitrogen and oxygen atoms in total. The third-order valence-corrected chi connectivity index (χ3v) is 5.78. The minimum atomic E-state index is -0.158. The van der Waals surface area contributed by atoms with Crippen molar-refractivity contribution in [2.24, 2.45) is 0 Å². The van der Waals surface area contributed by atoms with Crippen LogP contribution in [0.25, 0.3) is 27.6 Å². The molecule has 10 heteroatoms. The van der Waals surface area contributed by atoms with Crippen molar-refractivity contribution in [3.63, 3.8) is 0 Å². The normalized spacial score (nSPS) is 11.0. The first-order valence-electron chi connectivity index (χ1n) is 9.26. The van der Waals surface area contributed by atoms with Gasteiger partial charge in [0.1, 0.15) is 11.3 Å². The monoisotopic (exact) mass is 447 g/mol. The zero-order valence-electron chi connectivity index (χ0n) is 15.9. The lowest BCUT2D eigenvalue weighted by Gasteiger charge is -2.03. The number of nitrogens with one attached hydrogen (secondary N) is 1. The Labute approximate surface area is 185 Å². The number of fused-ring (bicyclic) bond motifs is 1. The Morgan fingerprint density at radius 1 is 1.06 bits per heavy atom. The van der Waals surface area contributed by atoms with Gasteiger partial charge in [0.15, 0.2) is 11.5 Å². The first kappa shape index (κ1) is 19.3. The van der Waals surface area contributed by atoms with Crippen LogP contribution in [-0.2, 0) is 6.54 Å². The smallest absolute Gasteiger partial charge is 0.251 e. The van der Waals surface area contributed by atoms with Gasteiger partial charge in [0, 0.05) is 45.8 Å². The van der Waals surface area contributed by atoms with Crippen molar-refractivity contribution in [3.8, 4) is 22.0 Å². The lowest BCUT2D eigenvalue weighted by atomic mass is 10.2. The molecule has 0 bridgehead atoms. The Balaban J connectivity index is 1.32. The lowest BCUT2D eigenvalue weighted by molar-refractivity contribution is 0.0951. The molecule has 0 spiro atoms. The van der Waals surface area contributed by atoms with Crippen LogP contribution < -0.4 is 5.32 Å². The average molecular weight is 448 g/mol. The molecule has 0 fully saturated rings. The number of benzene rings is 1. The zero-order valence-corrected chi connectivity index (χ0v) is 17.5. The molecule has 1 N–H and O–H groups in total. The molecule has 5 aromatic rings. The molecule has 0 unspecified atom stereocenters. The van der Waals surface area contributed by atoms with Crippen LogP contribution in [0.1, 0.15) is 15.2 Å². The van der Waals surface area contributed by atoms with E-state index in [0.717, 1.165) is 21.0 Å².